The molecule has 1 amide bonds. The van der Waals surface area contributed by atoms with Crippen molar-refractivity contribution < 1.29 is 13.6 Å². The number of benzene rings is 2. The van der Waals surface area contributed by atoms with Gasteiger partial charge in [0.05, 0.1) is 6.54 Å². The first-order valence-corrected chi connectivity index (χ1v) is 8.31. The van der Waals surface area contributed by atoms with Crippen LogP contribution in [0, 0.1) is 0 Å². The van der Waals surface area contributed by atoms with Gasteiger partial charge in [-0.05, 0) is 41.0 Å². The van der Waals surface area contributed by atoms with Crippen molar-refractivity contribution in [1.29, 1.82) is 0 Å². The molecular formula is C18H18ClF2N3O. The van der Waals surface area contributed by atoms with Crippen molar-refractivity contribution in [3.05, 3.63) is 64.2 Å². The maximum atomic E-state index is 12.4. The third-order valence-electron chi connectivity index (χ3n) is 4.02. The van der Waals surface area contributed by atoms with E-state index in [0.717, 1.165) is 24.3 Å². The van der Waals surface area contributed by atoms with E-state index in [4.69, 9.17) is 11.6 Å². The minimum absolute atomic E-state index is 0.476. The number of carbonyl (C=O) groups excluding carboxylic acids is 1. The lowest BCUT2D eigenvalue weighted by atomic mass is 10.0. The summed E-state index contributed by atoms with van der Waals surface area (Å²) in [5, 5.41) is 9.13. The summed E-state index contributed by atoms with van der Waals surface area (Å²) in [5.41, 5.74) is 3.73. The molecular weight excluding hydrogens is 348 g/mol. The number of hydrogen-bond donors (Lipinski definition) is 3. The molecule has 1 heterocycles. The molecule has 1 atom stereocenters. The van der Waals surface area contributed by atoms with Gasteiger partial charge in [-0.3, -0.25) is 4.79 Å². The number of rotatable bonds is 6. The molecule has 1 aliphatic heterocycles. The standard InChI is InChI=1S/C18H18ClF2N3O/c19-14-3-1-2-11(6-14)17(18(25)23-10-16(20)21)24-15-5-4-12-8-22-9-13(12)7-15/h1-7,16-17,22,24H,8-10H2,(H,23,25)/t17-/m1/s1. The number of nitrogens with one attached hydrogen (secondary N) is 3. The first-order chi connectivity index (χ1) is 12.0. The molecule has 1 aliphatic rings. The fraction of sp³-hybridized carbons (Fsp3) is 0.278. The summed E-state index contributed by atoms with van der Waals surface area (Å²) < 4.78 is 24.9. The zero-order chi connectivity index (χ0) is 17.8. The van der Waals surface area contributed by atoms with E-state index < -0.39 is 24.9 Å². The van der Waals surface area contributed by atoms with E-state index in [1.165, 1.54) is 5.56 Å². The SMILES string of the molecule is O=C(NCC(F)F)[C@H](Nc1ccc2c(c1)CNC2)c1cccc(Cl)c1. The number of carbonyl (C=O) groups is 1. The molecule has 0 saturated carbocycles. The van der Waals surface area contributed by atoms with Crippen LogP contribution < -0.4 is 16.0 Å². The average molecular weight is 366 g/mol. The minimum Gasteiger partial charge on any atom is -0.370 e. The van der Waals surface area contributed by atoms with Crippen LogP contribution in [0.4, 0.5) is 14.5 Å². The fourth-order valence-corrected chi connectivity index (χ4v) is 3.02. The molecule has 3 rings (SSSR count). The Morgan fingerprint density at radius 2 is 1.96 bits per heavy atom. The van der Waals surface area contributed by atoms with Gasteiger partial charge >= 0.3 is 0 Å². The van der Waals surface area contributed by atoms with Gasteiger partial charge < -0.3 is 16.0 Å². The molecule has 0 bridgehead atoms. The number of alkyl halides is 2. The van der Waals surface area contributed by atoms with E-state index in [-0.39, 0.29) is 0 Å². The van der Waals surface area contributed by atoms with Gasteiger partial charge in [-0.2, -0.15) is 0 Å². The summed E-state index contributed by atoms with van der Waals surface area (Å²) in [6, 6.07) is 11.8. The van der Waals surface area contributed by atoms with Crippen LogP contribution in [0.15, 0.2) is 42.5 Å². The second-order valence-corrected chi connectivity index (χ2v) is 6.29. The molecule has 0 aliphatic carbocycles. The van der Waals surface area contributed by atoms with Crippen molar-refractivity contribution in [2.24, 2.45) is 0 Å². The zero-order valence-corrected chi connectivity index (χ0v) is 14.1. The van der Waals surface area contributed by atoms with Gasteiger partial charge in [0.15, 0.2) is 0 Å². The highest BCUT2D eigenvalue weighted by Gasteiger charge is 2.22. The summed E-state index contributed by atoms with van der Waals surface area (Å²) >= 11 is 6.01. The van der Waals surface area contributed by atoms with E-state index in [1.807, 2.05) is 18.2 Å². The van der Waals surface area contributed by atoms with Crippen LogP contribution >= 0.6 is 11.6 Å². The maximum Gasteiger partial charge on any atom is 0.255 e. The molecule has 132 valence electrons. The van der Waals surface area contributed by atoms with Crippen molar-refractivity contribution in [2.45, 2.75) is 25.6 Å². The molecule has 7 heteroatoms. The Kier molecular flexibility index (Phi) is 5.50. The Bertz CT molecular complexity index is 770. The largest absolute Gasteiger partial charge is 0.370 e. The predicted octanol–water partition coefficient (Wildman–Crippen LogP) is 3.48. The highest BCUT2D eigenvalue weighted by Crippen LogP contribution is 2.26. The van der Waals surface area contributed by atoms with Gasteiger partial charge in [0, 0.05) is 23.8 Å². The van der Waals surface area contributed by atoms with E-state index in [9.17, 15) is 13.6 Å². The summed E-state index contributed by atoms with van der Waals surface area (Å²) in [5.74, 6) is -0.527. The molecule has 3 N–H and O–H groups in total. The summed E-state index contributed by atoms with van der Waals surface area (Å²) in [6.45, 7) is 0.901. The number of hydrogen-bond acceptors (Lipinski definition) is 3. The van der Waals surface area contributed by atoms with Crippen LogP contribution in [0.5, 0.6) is 0 Å². The summed E-state index contributed by atoms with van der Waals surface area (Å²) in [6.07, 6.45) is -2.60. The molecule has 0 spiro atoms. The van der Waals surface area contributed by atoms with Crippen molar-refractivity contribution in [1.82, 2.24) is 10.6 Å². The first-order valence-electron chi connectivity index (χ1n) is 7.93. The monoisotopic (exact) mass is 365 g/mol. The normalized spacial score (nSPS) is 14.2. The van der Waals surface area contributed by atoms with Gasteiger partial charge in [0.2, 0.25) is 5.91 Å². The number of amides is 1. The van der Waals surface area contributed by atoms with Gasteiger partial charge in [-0.25, -0.2) is 8.78 Å². The van der Waals surface area contributed by atoms with Crippen molar-refractivity contribution in [3.8, 4) is 0 Å². The third kappa shape index (κ3) is 4.46. The Hall–Kier alpha value is -2.18. The molecule has 2 aromatic carbocycles. The lowest BCUT2D eigenvalue weighted by Gasteiger charge is -2.20. The van der Waals surface area contributed by atoms with Crippen LogP contribution in [0.1, 0.15) is 22.7 Å². The number of halogens is 3. The Morgan fingerprint density at radius 1 is 1.16 bits per heavy atom. The average Bonchev–Trinajstić information content (AvgIpc) is 3.05. The highest BCUT2D eigenvalue weighted by atomic mass is 35.5. The van der Waals surface area contributed by atoms with Crippen LogP contribution in [-0.2, 0) is 17.9 Å². The van der Waals surface area contributed by atoms with Crippen LogP contribution in [0.25, 0.3) is 0 Å². The van der Waals surface area contributed by atoms with Crippen molar-refractivity contribution in [2.75, 3.05) is 11.9 Å². The van der Waals surface area contributed by atoms with Crippen molar-refractivity contribution >= 4 is 23.2 Å². The van der Waals surface area contributed by atoms with E-state index in [1.54, 1.807) is 24.3 Å². The van der Waals surface area contributed by atoms with Crippen LogP contribution in [-0.4, -0.2) is 18.9 Å². The van der Waals surface area contributed by atoms with E-state index >= 15 is 0 Å². The molecule has 4 nitrogen and oxygen atoms in total. The fourth-order valence-electron chi connectivity index (χ4n) is 2.82. The third-order valence-corrected chi connectivity index (χ3v) is 4.26. The summed E-state index contributed by atoms with van der Waals surface area (Å²) in [7, 11) is 0. The zero-order valence-electron chi connectivity index (χ0n) is 13.4. The minimum atomic E-state index is -2.60. The van der Waals surface area contributed by atoms with Gasteiger partial charge in [-0.15, -0.1) is 0 Å². The Labute approximate surface area is 149 Å². The Morgan fingerprint density at radius 3 is 2.72 bits per heavy atom. The van der Waals surface area contributed by atoms with Crippen LogP contribution in [0.3, 0.4) is 0 Å². The van der Waals surface area contributed by atoms with E-state index in [2.05, 4.69) is 16.0 Å². The van der Waals surface area contributed by atoms with Gasteiger partial charge in [0.1, 0.15) is 6.04 Å². The lowest BCUT2D eigenvalue weighted by Crippen LogP contribution is -2.36. The Balaban J connectivity index is 1.84. The molecule has 0 radical (unpaired) electrons. The molecule has 0 saturated heterocycles. The topological polar surface area (TPSA) is 53.2 Å². The van der Waals surface area contributed by atoms with E-state index in [0.29, 0.717) is 10.6 Å². The molecule has 0 unspecified atom stereocenters. The summed E-state index contributed by atoms with van der Waals surface area (Å²) in [4.78, 5) is 12.4. The second kappa shape index (κ2) is 7.80. The molecule has 2 aromatic rings. The molecule has 0 aromatic heterocycles. The predicted molar refractivity (Wildman–Crippen MR) is 93.8 cm³/mol. The van der Waals surface area contributed by atoms with Gasteiger partial charge in [0.25, 0.3) is 6.43 Å². The number of fused-ring (bicyclic) bond motifs is 1. The molecule has 0 fully saturated rings. The second-order valence-electron chi connectivity index (χ2n) is 5.86. The maximum absolute atomic E-state index is 12.4. The number of anilines is 1. The quantitative estimate of drug-likeness (QED) is 0.734. The highest BCUT2D eigenvalue weighted by molar-refractivity contribution is 6.30. The van der Waals surface area contributed by atoms with Gasteiger partial charge in [-0.1, -0.05) is 29.8 Å². The lowest BCUT2D eigenvalue weighted by molar-refractivity contribution is -0.122. The van der Waals surface area contributed by atoms with Crippen molar-refractivity contribution in [3.63, 3.8) is 0 Å². The smallest absolute Gasteiger partial charge is 0.255 e. The first kappa shape index (κ1) is 17.6. The van der Waals surface area contributed by atoms with Crippen LogP contribution in [0.2, 0.25) is 5.02 Å². The molecule has 25 heavy (non-hydrogen) atoms.